The monoisotopic (exact) mass is 336 g/mol. The van der Waals surface area contributed by atoms with E-state index in [2.05, 4.69) is 4.74 Å². The summed E-state index contributed by atoms with van der Waals surface area (Å²) in [6.45, 7) is 0. The van der Waals surface area contributed by atoms with Gasteiger partial charge in [0.1, 0.15) is 11.5 Å². The average molecular weight is 336 g/mol. The zero-order valence-corrected chi connectivity index (χ0v) is 11.6. The van der Waals surface area contributed by atoms with Crippen molar-refractivity contribution in [3.63, 3.8) is 0 Å². The number of rotatable bonds is 3. The number of hydrogen-bond acceptors (Lipinski definition) is 2. The summed E-state index contributed by atoms with van der Waals surface area (Å²) in [4.78, 5) is 0. The van der Waals surface area contributed by atoms with Crippen molar-refractivity contribution in [3.05, 3.63) is 48.0 Å². The summed E-state index contributed by atoms with van der Waals surface area (Å²) in [6.07, 6.45) is -9.47. The van der Waals surface area contributed by atoms with Crippen molar-refractivity contribution in [1.29, 1.82) is 0 Å². The molecule has 2 nitrogen and oxygen atoms in total. The second-order valence-corrected chi connectivity index (χ2v) is 4.48. The SMILES string of the molecule is COc1ccc(C(F)(F)F)c(-c2ccc(OC(F)(F)F)cc2)c1. The van der Waals surface area contributed by atoms with Crippen LogP contribution in [0.5, 0.6) is 11.5 Å². The van der Waals surface area contributed by atoms with Gasteiger partial charge in [-0.1, -0.05) is 12.1 Å². The van der Waals surface area contributed by atoms with Crippen LogP contribution in [0.1, 0.15) is 5.56 Å². The summed E-state index contributed by atoms with van der Waals surface area (Å²) >= 11 is 0. The van der Waals surface area contributed by atoms with Crippen LogP contribution in [0.3, 0.4) is 0 Å². The van der Waals surface area contributed by atoms with Crippen LogP contribution in [0, 0.1) is 0 Å². The highest BCUT2D eigenvalue weighted by Crippen LogP contribution is 2.39. The van der Waals surface area contributed by atoms with Crippen molar-refractivity contribution in [2.24, 2.45) is 0 Å². The second-order valence-electron chi connectivity index (χ2n) is 4.48. The molecule has 0 unspecified atom stereocenters. The Labute approximate surface area is 127 Å². The predicted molar refractivity (Wildman–Crippen MR) is 70.1 cm³/mol. The number of methoxy groups -OCH3 is 1. The minimum atomic E-state index is -4.87. The Kier molecular flexibility index (Phi) is 4.44. The van der Waals surface area contributed by atoms with Crippen LogP contribution in [-0.2, 0) is 6.18 Å². The molecule has 0 atom stereocenters. The van der Waals surface area contributed by atoms with Gasteiger partial charge in [-0.15, -0.1) is 13.2 Å². The van der Waals surface area contributed by atoms with Gasteiger partial charge in [-0.3, -0.25) is 0 Å². The van der Waals surface area contributed by atoms with Crippen LogP contribution < -0.4 is 9.47 Å². The van der Waals surface area contributed by atoms with Crippen molar-refractivity contribution >= 4 is 0 Å². The van der Waals surface area contributed by atoms with Crippen LogP contribution >= 0.6 is 0 Å². The molecule has 0 spiro atoms. The fraction of sp³-hybridized carbons (Fsp3) is 0.200. The van der Waals surface area contributed by atoms with Crippen LogP contribution in [0.2, 0.25) is 0 Å². The van der Waals surface area contributed by atoms with Crippen LogP contribution in [0.15, 0.2) is 42.5 Å². The lowest BCUT2D eigenvalue weighted by atomic mass is 9.99. The summed E-state index contributed by atoms with van der Waals surface area (Å²) in [5, 5.41) is 0. The smallest absolute Gasteiger partial charge is 0.497 e. The van der Waals surface area contributed by atoms with E-state index in [0.29, 0.717) is 0 Å². The zero-order valence-electron chi connectivity index (χ0n) is 11.6. The van der Waals surface area contributed by atoms with E-state index in [-0.39, 0.29) is 16.9 Å². The summed E-state index contributed by atoms with van der Waals surface area (Å²) in [6, 6.07) is 7.31. The van der Waals surface area contributed by atoms with Gasteiger partial charge in [0.05, 0.1) is 12.7 Å². The third kappa shape index (κ3) is 4.30. The van der Waals surface area contributed by atoms with Crippen molar-refractivity contribution in [1.82, 2.24) is 0 Å². The first-order chi connectivity index (χ1) is 10.6. The summed E-state index contributed by atoms with van der Waals surface area (Å²) in [5.74, 6) is -0.318. The molecule has 0 aliphatic heterocycles. The molecule has 0 saturated carbocycles. The Morgan fingerprint density at radius 3 is 1.83 bits per heavy atom. The Hall–Kier alpha value is -2.38. The van der Waals surface area contributed by atoms with E-state index in [9.17, 15) is 26.3 Å². The maximum atomic E-state index is 13.1. The summed E-state index contributed by atoms with van der Waals surface area (Å²) < 4.78 is 84.0. The van der Waals surface area contributed by atoms with Gasteiger partial charge in [0.15, 0.2) is 0 Å². The molecule has 0 saturated heterocycles. The van der Waals surface area contributed by atoms with Crippen LogP contribution in [-0.4, -0.2) is 13.5 Å². The first-order valence-corrected chi connectivity index (χ1v) is 6.21. The Balaban J connectivity index is 2.44. The van der Waals surface area contributed by atoms with E-state index >= 15 is 0 Å². The Morgan fingerprint density at radius 2 is 1.35 bits per heavy atom. The lowest BCUT2D eigenvalue weighted by molar-refractivity contribution is -0.274. The van der Waals surface area contributed by atoms with Gasteiger partial charge in [0, 0.05) is 0 Å². The lowest BCUT2D eigenvalue weighted by Crippen LogP contribution is -2.17. The second kappa shape index (κ2) is 6.02. The maximum Gasteiger partial charge on any atom is 0.573 e. The lowest BCUT2D eigenvalue weighted by Gasteiger charge is -2.15. The molecule has 0 N–H and O–H groups in total. The first-order valence-electron chi connectivity index (χ1n) is 6.21. The van der Waals surface area contributed by atoms with E-state index in [0.717, 1.165) is 36.4 Å². The molecule has 0 bridgehead atoms. The van der Waals surface area contributed by atoms with Gasteiger partial charge in [-0.2, -0.15) is 13.2 Å². The van der Waals surface area contributed by atoms with Crippen LogP contribution in [0.25, 0.3) is 11.1 Å². The van der Waals surface area contributed by atoms with Crippen molar-refractivity contribution in [2.75, 3.05) is 7.11 Å². The van der Waals surface area contributed by atoms with Gasteiger partial charge < -0.3 is 9.47 Å². The molecule has 2 aromatic carbocycles. The predicted octanol–water partition coefficient (Wildman–Crippen LogP) is 5.28. The van der Waals surface area contributed by atoms with E-state index < -0.39 is 23.9 Å². The van der Waals surface area contributed by atoms with Crippen LogP contribution in [0.4, 0.5) is 26.3 Å². The molecule has 0 aromatic heterocycles. The fourth-order valence-electron chi connectivity index (χ4n) is 1.97. The van der Waals surface area contributed by atoms with Gasteiger partial charge in [0.2, 0.25) is 0 Å². The minimum Gasteiger partial charge on any atom is -0.497 e. The number of halogens is 6. The summed E-state index contributed by atoms with van der Waals surface area (Å²) in [7, 11) is 1.30. The molecule has 8 heteroatoms. The molecule has 0 fully saturated rings. The number of benzene rings is 2. The Bertz CT molecular complexity index is 674. The molecule has 0 radical (unpaired) electrons. The van der Waals surface area contributed by atoms with Crippen molar-refractivity contribution < 1.29 is 35.8 Å². The maximum absolute atomic E-state index is 13.1. The highest BCUT2D eigenvalue weighted by Gasteiger charge is 2.34. The Morgan fingerprint density at radius 1 is 0.783 bits per heavy atom. The average Bonchev–Trinajstić information content (AvgIpc) is 2.45. The van der Waals surface area contributed by atoms with Gasteiger partial charge in [0.25, 0.3) is 0 Å². The van der Waals surface area contributed by atoms with E-state index in [1.54, 1.807) is 0 Å². The molecule has 2 rings (SSSR count). The quantitative estimate of drug-likeness (QED) is 0.710. The molecule has 124 valence electrons. The molecule has 2 aromatic rings. The van der Waals surface area contributed by atoms with Gasteiger partial charge in [-0.05, 0) is 41.5 Å². The summed E-state index contributed by atoms with van der Waals surface area (Å²) in [5.41, 5.74) is -1.02. The zero-order chi connectivity index (χ0) is 17.3. The first kappa shape index (κ1) is 17.0. The third-order valence-corrected chi connectivity index (χ3v) is 2.93. The minimum absolute atomic E-state index is 0.0887. The van der Waals surface area contributed by atoms with Gasteiger partial charge in [-0.25, -0.2) is 0 Å². The standard InChI is InChI=1S/C15H10F6O2/c1-22-11-6-7-13(14(16,17)18)12(8-11)9-2-4-10(5-3-9)23-15(19,20)21/h2-8H,1H3. The fourth-order valence-corrected chi connectivity index (χ4v) is 1.97. The molecular formula is C15H10F6O2. The number of hydrogen-bond donors (Lipinski definition) is 0. The van der Waals surface area contributed by atoms with E-state index in [1.165, 1.54) is 13.2 Å². The highest BCUT2D eigenvalue weighted by atomic mass is 19.4. The molecule has 0 aliphatic rings. The third-order valence-electron chi connectivity index (χ3n) is 2.93. The molecular weight excluding hydrogens is 326 g/mol. The largest absolute Gasteiger partial charge is 0.573 e. The van der Waals surface area contributed by atoms with Gasteiger partial charge >= 0.3 is 12.5 Å². The molecule has 0 aliphatic carbocycles. The van der Waals surface area contributed by atoms with Crippen molar-refractivity contribution in [3.8, 4) is 22.6 Å². The normalized spacial score (nSPS) is 12.1. The van der Waals surface area contributed by atoms with Crippen molar-refractivity contribution in [2.45, 2.75) is 12.5 Å². The number of ether oxygens (including phenoxy) is 2. The number of alkyl halides is 6. The van der Waals surface area contributed by atoms with E-state index in [1.807, 2.05) is 0 Å². The molecule has 0 heterocycles. The molecule has 0 amide bonds. The topological polar surface area (TPSA) is 18.5 Å². The van der Waals surface area contributed by atoms with E-state index in [4.69, 9.17) is 4.74 Å². The molecule has 23 heavy (non-hydrogen) atoms. The highest BCUT2D eigenvalue weighted by molar-refractivity contribution is 5.70.